The lowest BCUT2D eigenvalue weighted by molar-refractivity contribution is -0.148. The molecule has 200 valence electrons. The van der Waals surface area contributed by atoms with Gasteiger partial charge in [-0.25, -0.2) is 0 Å². The van der Waals surface area contributed by atoms with Gasteiger partial charge in [-0.1, -0.05) is 77.0 Å². The predicted octanol–water partition coefficient (Wildman–Crippen LogP) is 9.31. The summed E-state index contributed by atoms with van der Waals surface area (Å²) < 4.78 is 12.6. The molecule has 2 heteroatoms. The van der Waals surface area contributed by atoms with Crippen molar-refractivity contribution in [3.05, 3.63) is 0 Å². The van der Waals surface area contributed by atoms with Gasteiger partial charge in [-0.3, -0.25) is 0 Å². The van der Waals surface area contributed by atoms with Crippen molar-refractivity contribution in [3.63, 3.8) is 0 Å². The SMILES string of the molecule is C1CCC2CC(CCC3CCC4CC(OCOC5CCC6CCCCC6C5)CCC4C3)CCC2C1. The van der Waals surface area contributed by atoms with Gasteiger partial charge in [0.05, 0.1) is 12.2 Å². The van der Waals surface area contributed by atoms with E-state index in [1.165, 1.54) is 96.3 Å². The molecule has 0 aromatic rings. The Morgan fingerprint density at radius 1 is 0.371 bits per heavy atom. The minimum Gasteiger partial charge on any atom is -0.352 e. The summed E-state index contributed by atoms with van der Waals surface area (Å²) in [6.07, 6.45) is 33.4. The highest BCUT2D eigenvalue weighted by Gasteiger charge is 2.37. The van der Waals surface area contributed by atoms with Gasteiger partial charge >= 0.3 is 0 Å². The van der Waals surface area contributed by atoms with Crippen LogP contribution < -0.4 is 0 Å². The van der Waals surface area contributed by atoms with Crippen molar-refractivity contribution in [2.24, 2.45) is 47.3 Å². The summed E-state index contributed by atoms with van der Waals surface area (Å²) in [5.74, 6) is 8.26. The first kappa shape index (κ1) is 25.2. The van der Waals surface area contributed by atoms with Gasteiger partial charge in [-0.05, 0) is 112 Å². The second kappa shape index (κ2) is 12.2. The second-order valence-corrected chi connectivity index (χ2v) is 14.4. The molecule has 6 saturated carbocycles. The second-order valence-electron chi connectivity index (χ2n) is 14.4. The quantitative estimate of drug-likeness (QED) is 0.335. The standard InChI is InChI=1S/C33H56O2/c1-3-7-28-19-24(11-13-26(28)5-1)9-10-25-12-14-31-22-33(18-16-30(31)20-25)35-23-34-32-17-15-27-6-2-4-8-29(27)21-32/h24-33H,1-23H2. The van der Waals surface area contributed by atoms with Crippen LogP contribution in [-0.4, -0.2) is 19.0 Å². The molecular weight excluding hydrogens is 428 g/mol. The largest absolute Gasteiger partial charge is 0.352 e. The Bertz CT molecular complexity index is 647. The van der Waals surface area contributed by atoms with E-state index >= 15 is 0 Å². The minimum atomic E-state index is 0.476. The minimum absolute atomic E-state index is 0.476. The average molecular weight is 485 g/mol. The van der Waals surface area contributed by atoms with Gasteiger partial charge in [0.1, 0.15) is 6.79 Å². The van der Waals surface area contributed by atoms with Crippen LogP contribution in [0.5, 0.6) is 0 Å². The smallest absolute Gasteiger partial charge is 0.147 e. The highest BCUT2D eigenvalue weighted by Crippen LogP contribution is 2.47. The highest BCUT2D eigenvalue weighted by atomic mass is 16.7. The lowest BCUT2D eigenvalue weighted by Gasteiger charge is -2.43. The topological polar surface area (TPSA) is 18.5 Å². The van der Waals surface area contributed by atoms with E-state index in [4.69, 9.17) is 9.47 Å². The fraction of sp³-hybridized carbons (Fsp3) is 1.00. The normalized spacial score (nSPS) is 46.3. The maximum absolute atomic E-state index is 6.35. The fourth-order valence-corrected chi connectivity index (χ4v) is 10.3. The van der Waals surface area contributed by atoms with E-state index in [2.05, 4.69) is 0 Å². The van der Waals surface area contributed by atoms with Gasteiger partial charge < -0.3 is 9.47 Å². The summed E-state index contributed by atoms with van der Waals surface area (Å²) >= 11 is 0. The van der Waals surface area contributed by atoms with Crippen molar-refractivity contribution < 1.29 is 9.47 Å². The van der Waals surface area contributed by atoms with Crippen LogP contribution in [0.15, 0.2) is 0 Å². The van der Waals surface area contributed by atoms with Crippen molar-refractivity contribution in [1.29, 1.82) is 0 Å². The van der Waals surface area contributed by atoms with Gasteiger partial charge in [0.15, 0.2) is 0 Å². The summed E-state index contributed by atoms with van der Waals surface area (Å²) in [7, 11) is 0. The molecular formula is C33H56O2. The lowest BCUT2D eigenvalue weighted by Crippen LogP contribution is -2.36. The zero-order chi connectivity index (χ0) is 23.5. The molecule has 35 heavy (non-hydrogen) atoms. The van der Waals surface area contributed by atoms with E-state index in [0.717, 1.165) is 47.3 Å². The molecule has 6 aliphatic rings. The van der Waals surface area contributed by atoms with E-state index in [9.17, 15) is 0 Å². The molecule has 6 aliphatic carbocycles. The fourth-order valence-electron chi connectivity index (χ4n) is 10.3. The van der Waals surface area contributed by atoms with Crippen LogP contribution in [-0.2, 0) is 9.47 Å². The number of rotatable bonds is 7. The van der Waals surface area contributed by atoms with Gasteiger partial charge in [-0.2, -0.15) is 0 Å². The molecule has 0 N–H and O–H groups in total. The number of fused-ring (bicyclic) bond motifs is 3. The summed E-state index contributed by atoms with van der Waals surface area (Å²) in [5.41, 5.74) is 0. The molecule has 10 atom stereocenters. The summed E-state index contributed by atoms with van der Waals surface area (Å²) in [6.45, 7) is 0.565. The Morgan fingerprint density at radius 2 is 0.771 bits per heavy atom. The van der Waals surface area contributed by atoms with E-state index in [1.54, 1.807) is 44.9 Å². The molecule has 0 bridgehead atoms. The van der Waals surface area contributed by atoms with Gasteiger partial charge in [0.2, 0.25) is 0 Å². The molecule has 6 rings (SSSR count). The Hall–Kier alpha value is -0.0800. The zero-order valence-corrected chi connectivity index (χ0v) is 22.9. The predicted molar refractivity (Wildman–Crippen MR) is 144 cm³/mol. The number of hydrogen-bond donors (Lipinski definition) is 0. The first-order valence-electron chi connectivity index (χ1n) is 16.5. The van der Waals surface area contributed by atoms with Crippen LogP contribution >= 0.6 is 0 Å². The maximum Gasteiger partial charge on any atom is 0.147 e. The van der Waals surface area contributed by atoms with E-state index in [0.29, 0.717) is 19.0 Å². The Balaban J connectivity index is 0.864. The van der Waals surface area contributed by atoms with E-state index in [-0.39, 0.29) is 0 Å². The molecule has 0 aliphatic heterocycles. The summed E-state index contributed by atoms with van der Waals surface area (Å²) in [6, 6.07) is 0. The zero-order valence-electron chi connectivity index (χ0n) is 22.9. The van der Waals surface area contributed by atoms with E-state index < -0.39 is 0 Å². The molecule has 2 nitrogen and oxygen atoms in total. The monoisotopic (exact) mass is 484 g/mol. The van der Waals surface area contributed by atoms with Crippen molar-refractivity contribution in [3.8, 4) is 0 Å². The van der Waals surface area contributed by atoms with Gasteiger partial charge in [-0.15, -0.1) is 0 Å². The Morgan fingerprint density at radius 3 is 1.37 bits per heavy atom. The first-order valence-corrected chi connectivity index (χ1v) is 16.5. The molecule has 0 amide bonds. The average Bonchev–Trinajstić information content (AvgIpc) is 2.91. The van der Waals surface area contributed by atoms with Gasteiger partial charge in [0, 0.05) is 0 Å². The third kappa shape index (κ3) is 6.50. The first-order chi connectivity index (χ1) is 17.3. The molecule has 0 spiro atoms. The van der Waals surface area contributed by atoms with Gasteiger partial charge in [0.25, 0.3) is 0 Å². The third-order valence-corrected chi connectivity index (χ3v) is 12.4. The number of ether oxygens (including phenoxy) is 2. The molecule has 0 saturated heterocycles. The van der Waals surface area contributed by atoms with Crippen molar-refractivity contribution >= 4 is 0 Å². The molecule has 0 aromatic carbocycles. The van der Waals surface area contributed by atoms with Crippen molar-refractivity contribution in [2.45, 2.75) is 153 Å². The van der Waals surface area contributed by atoms with Crippen LogP contribution in [0.2, 0.25) is 0 Å². The molecule has 0 aromatic heterocycles. The molecule has 6 fully saturated rings. The summed E-state index contributed by atoms with van der Waals surface area (Å²) in [5, 5.41) is 0. The molecule has 0 radical (unpaired) electrons. The Labute approximate surface area is 217 Å². The van der Waals surface area contributed by atoms with Crippen LogP contribution in [0.4, 0.5) is 0 Å². The maximum atomic E-state index is 6.35. The van der Waals surface area contributed by atoms with Crippen LogP contribution in [0.3, 0.4) is 0 Å². The highest BCUT2D eigenvalue weighted by molar-refractivity contribution is 4.88. The van der Waals surface area contributed by atoms with E-state index in [1.807, 2.05) is 0 Å². The molecule has 0 heterocycles. The Kier molecular flexibility index (Phi) is 8.78. The summed E-state index contributed by atoms with van der Waals surface area (Å²) in [4.78, 5) is 0. The lowest BCUT2D eigenvalue weighted by atomic mass is 9.64. The molecule has 10 unspecified atom stereocenters. The number of hydrogen-bond acceptors (Lipinski definition) is 2. The van der Waals surface area contributed by atoms with Crippen molar-refractivity contribution in [1.82, 2.24) is 0 Å². The van der Waals surface area contributed by atoms with Crippen molar-refractivity contribution in [2.75, 3.05) is 6.79 Å². The third-order valence-electron chi connectivity index (χ3n) is 12.4. The van der Waals surface area contributed by atoms with Crippen LogP contribution in [0.1, 0.15) is 141 Å². The van der Waals surface area contributed by atoms with Crippen LogP contribution in [0.25, 0.3) is 0 Å². The van der Waals surface area contributed by atoms with Crippen LogP contribution in [0, 0.1) is 47.3 Å².